The van der Waals surface area contributed by atoms with Gasteiger partial charge in [-0.15, -0.1) is 6.58 Å². The first-order valence-electron chi connectivity index (χ1n) is 11.2. The Morgan fingerprint density at radius 2 is 1.94 bits per heavy atom. The van der Waals surface area contributed by atoms with E-state index in [1.165, 1.54) is 10.3 Å². The van der Waals surface area contributed by atoms with E-state index in [0.29, 0.717) is 27.8 Å². The number of aromatic nitrogens is 2. The number of rotatable bonds is 6. The number of piperazine rings is 1. The molecule has 2 heterocycles. The van der Waals surface area contributed by atoms with Crippen LogP contribution in [0.25, 0.3) is 10.9 Å². The predicted octanol–water partition coefficient (Wildman–Crippen LogP) is 3.95. The monoisotopic (exact) mass is 463 g/mol. The highest BCUT2D eigenvalue weighted by Crippen LogP contribution is 2.24. The lowest BCUT2D eigenvalue weighted by atomic mass is 10.1. The number of aromatic amines is 1. The van der Waals surface area contributed by atoms with Gasteiger partial charge in [-0.1, -0.05) is 13.0 Å². The molecule has 33 heavy (non-hydrogen) atoms. The Morgan fingerprint density at radius 3 is 2.61 bits per heavy atom. The first-order chi connectivity index (χ1) is 15.9. The summed E-state index contributed by atoms with van der Waals surface area (Å²) in [5.41, 5.74) is 3.74. The number of likely N-dealkylation sites (N-methyl/N-ethyl adjacent to an activating group) is 1. The van der Waals surface area contributed by atoms with Crippen LogP contribution in [0.3, 0.4) is 0 Å². The summed E-state index contributed by atoms with van der Waals surface area (Å²) < 4.78 is 1.74. The number of anilines is 2. The van der Waals surface area contributed by atoms with Crippen LogP contribution in [0, 0.1) is 11.7 Å². The molecule has 0 spiro atoms. The average Bonchev–Trinajstić information content (AvgIpc) is 2.82. The summed E-state index contributed by atoms with van der Waals surface area (Å²) in [7, 11) is 0. The number of benzene rings is 2. The minimum absolute atomic E-state index is 0.202. The van der Waals surface area contributed by atoms with Crippen LogP contribution in [0.2, 0.25) is 0 Å². The van der Waals surface area contributed by atoms with Crippen LogP contribution in [0.5, 0.6) is 0 Å². The van der Waals surface area contributed by atoms with Crippen molar-refractivity contribution in [2.45, 2.75) is 20.4 Å². The predicted molar refractivity (Wildman–Crippen MR) is 137 cm³/mol. The fourth-order valence-electron chi connectivity index (χ4n) is 4.19. The van der Waals surface area contributed by atoms with E-state index in [2.05, 4.69) is 45.7 Å². The van der Waals surface area contributed by atoms with Crippen LogP contribution >= 0.6 is 12.2 Å². The van der Waals surface area contributed by atoms with Gasteiger partial charge < -0.3 is 20.1 Å². The van der Waals surface area contributed by atoms with Gasteiger partial charge in [-0.3, -0.25) is 14.2 Å². The average molecular weight is 464 g/mol. The van der Waals surface area contributed by atoms with Crippen molar-refractivity contribution in [3.8, 4) is 0 Å². The Balaban J connectivity index is 1.53. The van der Waals surface area contributed by atoms with Crippen molar-refractivity contribution in [1.82, 2.24) is 14.5 Å². The van der Waals surface area contributed by atoms with Crippen LogP contribution in [0.1, 0.15) is 22.8 Å². The third kappa shape index (κ3) is 4.77. The van der Waals surface area contributed by atoms with E-state index in [-0.39, 0.29) is 11.5 Å². The maximum Gasteiger partial charge on any atom is 0.262 e. The number of nitrogens with zero attached hydrogens (tertiary/aromatic N) is 3. The first kappa shape index (κ1) is 22.9. The molecule has 1 saturated heterocycles. The van der Waals surface area contributed by atoms with Crippen molar-refractivity contribution in [3.63, 3.8) is 0 Å². The third-order valence-corrected chi connectivity index (χ3v) is 6.52. The van der Waals surface area contributed by atoms with E-state index < -0.39 is 0 Å². The van der Waals surface area contributed by atoms with Gasteiger partial charge in [0.25, 0.3) is 11.5 Å². The molecule has 1 aliphatic heterocycles. The molecular weight excluding hydrogens is 434 g/mol. The second kappa shape index (κ2) is 9.72. The zero-order valence-corrected chi connectivity index (χ0v) is 19.9. The lowest BCUT2D eigenvalue weighted by Gasteiger charge is -2.35. The van der Waals surface area contributed by atoms with Crippen molar-refractivity contribution in [2.24, 2.45) is 0 Å². The summed E-state index contributed by atoms with van der Waals surface area (Å²) in [5, 5.41) is 3.47. The number of nitrogens with one attached hydrogen (secondary N) is 2. The molecule has 1 amide bonds. The van der Waals surface area contributed by atoms with Crippen LogP contribution < -0.4 is 15.8 Å². The minimum Gasteiger partial charge on any atom is -0.369 e. The lowest BCUT2D eigenvalue weighted by Crippen LogP contribution is -2.46. The number of aryl methyl sites for hydroxylation is 1. The van der Waals surface area contributed by atoms with Gasteiger partial charge in [-0.05, 0) is 67.6 Å². The number of carbonyl (C=O) groups excluding carboxylic acids is 1. The van der Waals surface area contributed by atoms with Gasteiger partial charge in [0.1, 0.15) is 0 Å². The number of hydrogen-bond donors (Lipinski definition) is 2. The fraction of sp³-hybridized carbons (Fsp3) is 0.320. The Morgan fingerprint density at radius 1 is 1.18 bits per heavy atom. The summed E-state index contributed by atoms with van der Waals surface area (Å²) in [6.07, 6.45) is 1.62. The summed E-state index contributed by atoms with van der Waals surface area (Å²) >= 11 is 5.30. The summed E-state index contributed by atoms with van der Waals surface area (Å²) in [4.78, 5) is 33.5. The Kier molecular flexibility index (Phi) is 6.76. The first-order valence-corrected chi connectivity index (χ1v) is 11.6. The number of hydrogen-bond acceptors (Lipinski definition) is 5. The molecule has 1 fully saturated rings. The van der Waals surface area contributed by atoms with Crippen molar-refractivity contribution in [1.29, 1.82) is 0 Å². The fourth-order valence-corrected chi connectivity index (χ4v) is 4.46. The molecule has 1 aliphatic rings. The van der Waals surface area contributed by atoms with Crippen LogP contribution in [-0.4, -0.2) is 53.1 Å². The van der Waals surface area contributed by atoms with E-state index >= 15 is 0 Å². The van der Waals surface area contributed by atoms with Crippen molar-refractivity contribution >= 4 is 40.4 Å². The molecule has 8 heteroatoms. The van der Waals surface area contributed by atoms with Crippen molar-refractivity contribution in [3.05, 3.63) is 75.3 Å². The van der Waals surface area contributed by atoms with Gasteiger partial charge in [-0.25, -0.2) is 0 Å². The number of amides is 1. The molecule has 172 valence electrons. The topological polar surface area (TPSA) is 73.4 Å². The lowest BCUT2D eigenvalue weighted by molar-refractivity contribution is 0.102. The van der Waals surface area contributed by atoms with Gasteiger partial charge in [0, 0.05) is 49.7 Å². The molecule has 2 N–H and O–H groups in total. The Labute approximate surface area is 198 Å². The molecule has 4 rings (SSSR count). The normalized spacial score (nSPS) is 14.4. The van der Waals surface area contributed by atoms with Crippen molar-refractivity contribution < 1.29 is 4.79 Å². The van der Waals surface area contributed by atoms with Crippen LogP contribution in [0.15, 0.2) is 53.8 Å². The van der Waals surface area contributed by atoms with Crippen LogP contribution in [-0.2, 0) is 6.54 Å². The zero-order chi connectivity index (χ0) is 23.5. The molecule has 7 nitrogen and oxygen atoms in total. The van der Waals surface area contributed by atoms with E-state index in [9.17, 15) is 9.59 Å². The van der Waals surface area contributed by atoms with E-state index in [1.54, 1.807) is 24.3 Å². The minimum atomic E-state index is -0.237. The molecule has 0 aliphatic carbocycles. The summed E-state index contributed by atoms with van der Waals surface area (Å²) in [6.45, 7) is 13.4. The second-order valence-corrected chi connectivity index (χ2v) is 8.66. The van der Waals surface area contributed by atoms with Gasteiger partial charge in [0.15, 0.2) is 4.77 Å². The smallest absolute Gasteiger partial charge is 0.262 e. The van der Waals surface area contributed by atoms with Gasteiger partial charge in [-0.2, -0.15) is 0 Å². The molecule has 1 aromatic heterocycles. The number of allylic oxidation sites excluding steroid dienone is 1. The maximum absolute atomic E-state index is 12.9. The maximum atomic E-state index is 12.9. The molecule has 0 saturated carbocycles. The number of fused-ring (bicyclic) bond motifs is 1. The highest BCUT2D eigenvalue weighted by atomic mass is 32.1. The zero-order valence-electron chi connectivity index (χ0n) is 19.1. The summed E-state index contributed by atoms with van der Waals surface area (Å²) in [5.74, 6) is -0.237. The van der Waals surface area contributed by atoms with Gasteiger partial charge in [0.05, 0.1) is 10.9 Å². The second-order valence-electron chi connectivity index (χ2n) is 8.27. The highest BCUT2D eigenvalue weighted by Gasteiger charge is 2.17. The highest BCUT2D eigenvalue weighted by molar-refractivity contribution is 7.71. The Bertz CT molecular complexity index is 1320. The summed E-state index contributed by atoms with van der Waals surface area (Å²) in [6, 6.07) is 11.1. The number of H-pyrrole nitrogens is 1. The molecule has 0 atom stereocenters. The van der Waals surface area contributed by atoms with Gasteiger partial charge in [0.2, 0.25) is 0 Å². The number of carbonyl (C=O) groups is 1. The van der Waals surface area contributed by atoms with E-state index in [4.69, 9.17) is 12.2 Å². The molecular formula is C25H29N5O2S. The largest absolute Gasteiger partial charge is 0.369 e. The molecule has 0 radical (unpaired) electrons. The van der Waals surface area contributed by atoms with Crippen LogP contribution in [0.4, 0.5) is 11.4 Å². The molecule has 0 unspecified atom stereocenters. The molecule has 0 bridgehead atoms. The molecule has 2 aromatic carbocycles. The van der Waals surface area contributed by atoms with Gasteiger partial charge >= 0.3 is 0 Å². The Hall–Kier alpha value is -3.23. The van der Waals surface area contributed by atoms with E-state index in [1.807, 2.05) is 13.0 Å². The standard InChI is InChI=1S/C25H29N5O2S/c1-4-10-30-24(32)20-8-6-18(16-22(20)27-25(30)33)23(31)26-21-9-7-19(15-17(21)3)29-13-11-28(5-2)12-14-29/h4,6-9,15-16H,1,5,10-14H2,2-3H3,(H,26,31)(H,27,33). The quantitative estimate of drug-likeness (QED) is 0.428. The molecule has 3 aromatic rings. The van der Waals surface area contributed by atoms with E-state index in [0.717, 1.165) is 44.0 Å². The third-order valence-electron chi connectivity index (χ3n) is 6.20. The van der Waals surface area contributed by atoms with Crippen molar-refractivity contribution in [2.75, 3.05) is 42.9 Å². The SMILES string of the molecule is C=CCn1c(=S)[nH]c2cc(C(=O)Nc3ccc(N4CCN(CC)CC4)cc3C)ccc2c1=O.